The summed E-state index contributed by atoms with van der Waals surface area (Å²) >= 11 is 0. The summed E-state index contributed by atoms with van der Waals surface area (Å²) in [5, 5.41) is 9.06. The molecule has 0 saturated heterocycles. The fraction of sp³-hybridized carbons (Fsp3) is 0.280. The maximum absolute atomic E-state index is 11.0. The van der Waals surface area contributed by atoms with Gasteiger partial charge in [-0.3, -0.25) is 4.79 Å². The maximum atomic E-state index is 11.0. The Kier molecular flexibility index (Phi) is 5.20. The highest BCUT2D eigenvalue weighted by molar-refractivity contribution is 5.73. The lowest BCUT2D eigenvalue weighted by Gasteiger charge is -2.33. The Morgan fingerprint density at radius 1 is 1.06 bits per heavy atom. The standard InChI is InChI=1S/C25H23N3O5/c1-13-6-4-5-7-20(13)32-25-26-12-19-23(28-25)33-22(27-19)16-8-14(2)21(15(3)9-16)31-18-10-17(11-18)24(29)30/h4-9,12,17-18H,10-11H2,1-3H3,(H,29,30). The highest BCUT2D eigenvalue weighted by Gasteiger charge is 2.36. The summed E-state index contributed by atoms with van der Waals surface area (Å²) in [5.41, 5.74) is 4.52. The Bertz CT molecular complexity index is 1330. The molecule has 0 aliphatic heterocycles. The average Bonchev–Trinajstić information content (AvgIpc) is 3.16. The molecular formula is C25H23N3O5. The number of carboxylic acids is 1. The monoisotopic (exact) mass is 445 g/mol. The molecular weight excluding hydrogens is 422 g/mol. The number of benzene rings is 2. The number of aryl methyl sites for hydroxylation is 3. The fourth-order valence-electron chi connectivity index (χ4n) is 3.95. The lowest BCUT2D eigenvalue weighted by atomic mass is 9.82. The van der Waals surface area contributed by atoms with Gasteiger partial charge in [0.15, 0.2) is 0 Å². The van der Waals surface area contributed by atoms with E-state index in [0.717, 1.165) is 28.0 Å². The molecule has 0 spiro atoms. The first-order valence-electron chi connectivity index (χ1n) is 10.8. The lowest BCUT2D eigenvalue weighted by Crippen LogP contribution is -2.38. The summed E-state index contributed by atoms with van der Waals surface area (Å²) in [6.07, 6.45) is 2.58. The van der Waals surface area contributed by atoms with E-state index in [1.807, 2.05) is 57.2 Å². The van der Waals surface area contributed by atoms with Crippen LogP contribution in [0, 0.1) is 26.7 Å². The van der Waals surface area contributed by atoms with E-state index in [1.54, 1.807) is 6.20 Å². The van der Waals surface area contributed by atoms with E-state index < -0.39 is 5.97 Å². The van der Waals surface area contributed by atoms with Crippen molar-refractivity contribution < 1.29 is 23.8 Å². The summed E-state index contributed by atoms with van der Waals surface area (Å²) in [4.78, 5) is 24.2. The van der Waals surface area contributed by atoms with E-state index in [4.69, 9.17) is 19.0 Å². The molecule has 1 aliphatic rings. The van der Waals surface area contributed by atoms with E-state index >= 15 is 0 Å². The van der Waals surface area contributed by atoms with Crippen LogP contribution in [0.15, 0.2) is 47.0 Å². The number of carbonyl (C=O) groups is 1. The molecule has 0 unspecified atom stereocenters. The van der Waals surface area contributed by atoms with Crippen LogP contribution in [-0.4, -0.2) is 32.1 Å². The Labute approximate surface area is 190 Å². The largest absolute Gasteiger partial charge is 0.490 e. The molecule has 168 valence electrons. The molecule has 1 N–H and O–H groups in total. The van der Waals surface area contributed by atoms with E-state index in [-0.39, 0.29) is 18.0 Å². The van der Waals surface area contributed by atoms with Crippen molar-refractivity contribution in [2.75, 3.05) is 0 Å². The van der Waals surface area contributed by atoms with Gasteiger partial charge in [0.05, 0.1) is 12.1 Å². The number of oxazole rings is 1. The van der Waals surface area contributed by atoms with Gasteiger partial charge >= 0.3 is 12.0 Å². The quantitative estimate of drug-likeness (QED) is 0.429. The third kappa shape index (κ3) is 4.11. The average molecular weight is 445 g/mol. The number of rotatable bonds is 6. The van der Waals surface area contributed by atoms with Gasteiger partial charge in [0.1, 0.15) is 23.1 Å². The second-order valence-corrected chi connectivity index (χ2v) is 8.42. The molecule has 4 aromatic rings. The molecule has 33 heavy (non-hydrogen) atoms. The van der Waals surface area contributed by atoms with Crippen LogP contribution in [0.5, 0.6) is 17.5 Å². The zero-order chi connectivity index (χ0) is 23.1. The zero-order valence-corrected chi connectivity index (χ0v) is 18.5. The van der Waals surface area contributed by atoms with Crippen molar-refractivity contribution in [3.05, 3.63) is 59.3 Å². The highest BCUT2D eigenvalue weighted by atomic mass is 16.5. The third-order valence-corrected chi connectivity index (χ3v) is 5.86. The first kappa shape index (κ1) is 20.9. The predicted molar refractivity (Wildman–Crippen MR) is 121 cm³/mol. The first-order valence-corrected chi connectivity index (χ1v) is 10.8. The van der Waals surface area contributed by atoms with Gasteiger partial charge in [0.2, 0.25) is 5.89 Å². The molecule has 5 rings (SSSR count). The number of ether oxygens (including phenoxy) is 2. The summed E-state index contributed by atoms with van der Waals surface area (Å²) in [6, 6.07) is 11.7. The molecule has 2 aromatic carbocycles. The van der Waals surface area contributed by atoms with Crippen molar-refractivity contribution >= 4 is 17.2 Å². The van der Waals surface area contributed by atoms with E-state index in [2.05, 4.69) is 15.0 Å². The number of aromatic nitrogens is 3. The summed E-state index contributed by atoms with van der Waals surface area (Å²) < 4.78 is 17.8. The Morgan fingerprint density at radius 3 is 2.48 bits per heavy atom. The second-order valence-electron chi connectivity index (χ2n) is 8.42. The third-order valence-electron chi connectivity index (χ3n) is 5.86. The molecule has 8 nitrogen and oxygen atoms in total. The molecule has 8 heteroatoms. The topological polar surface area (TPSA) is 108 Å². The second kappa shape index (κ2) is 8.20. The minimum absolute atomic E-state index is 0.0689. The van der Waals surface area contributed by atoms with Crippen LogP contribution >= 0.6 is 0 Å². The fourth-order valence-corrected chi connectivity index (χ4v) is 3.95. The van der Waals surface area contributed by atoms with Crippen molar-refractivity contribution in [3.63, 3.8) is 0 Å². The molecule has 1 aliphatic carbocycles. The molecule has 1 saturated carbocycles. The Hall–Kier alpha value is -3.94. The smallest absolute Gasteiger partial charge is 0.325 e. The number of para-hydroxylation sites is 1. The normalized spacial score (nSPS) is 17.5. The van der Waals surface area contributed by atoms with Crippen molar-refractivity contribution in [1.82, 2.24) is 15.0 Å². The number of hydrogen-bond acceptors (Lipinski definition) is 7. The first-order chi connectivity index (χ1) is 15.9. The van der Waals surface area contributed by atoms with E-state index in [9.17, 15) is 4.79 Å². The zero-order valence-electron chi connectivity index (χ0n) is 18.5. The minimum Gasteiger partial charge on any atom is -0.490 e. The van der Waals surface area contributed by atoms with Gasteiger partial charge in [-0.2, -0.15) is 4.98 Å². The number of fused-ring (bicyclic) bond motifs is 1. The molecule has 0 amide bonds. The van der Waals surface area contributed by atoms with Gasteiger partial charge in [0.25, 0.3) is 5.71 Å². The van der Waals surface area contributed by atoms with Crippen LogP contribution in [0.2, 0.25) is 0 Å². The number of hydrogen-bond donors (Lipinski definition) is 1. The Balaban J connectivity index is 1.37. The van der Waals surface area contributed by atoms with Crippen LogP contribution in [0.4, 0.5) is 0 Å². The van der Waals surface area contributed by atoms with Crippen molar-refractivity contribution in [2.45, 2.75) is 39.7 Å². The minimum atomic E-state index is -0.759. The van der Waals surface area contributed by atoms with Crippen molar-refractivity contribution in [1.29, 1.82) is 0 Å². The number of carboxylic acid groups (broad SMARTS) is 1. The van der Waals surface area contributed by atoms with Gasteiger partial charge in [0, 0.05) is 5.56 Å². The van der Waals surface area contributed by atoms with Crippen molar-refractivity contribution in [3.8, 4) is 29.0 Å². The van der Waals surface area contributed by atoms with Gasteiger partial charge < -0.3 is 19.0 Å². The highest BCUT2D eigenvalue weighted by Crippen LogP contribution is 2.36. The van der Waals surface area contributed by atoms with E-state index in [1.165, 1.54) is 0 Å². The van der Waals surface area contributed by atoms with Crippen LogP contribution in [0.1, 0.15) is 29.5 Å². The summed E-state index contributed by atoms with van der Waals surface area (Å²) in [5.74, 6) is 0.817. The van der Waals surface area contributed by atoms with Gasteiger partial charge in [-0.1, -0.05) is 18.2 Å². The van der Waals surface area contributed by atoms with Crippen LogP contribution in [0.25, 0.3) is 22.7 Å². The van der Waals surface area contributed by atoms with Crippen LogP contribution < -0.4 is 9.47 Å². The molecule has 0 bridgehead atoms. The molecule has 0 radical (unpaired) electrons. The van der Waals surface area contributed by atoms with Gasteiger partial charge in [-0.15, -0.1) is 0 Å². The van der Waals surface area contributed by atoms with Crippen LogP contribution in [-0.2, 0) is 4.79 Å². The molecule has 2 heterocycles. The number of aliphatic carboxylic acids is 1. The molecule has 1 fully saturated rings. The van der Waals surface area contributed by atoms with Crippen LogP contribution in [0.3, 0.4) is 0 Å². The predicted octanol–water partition coefficient (Wildman–Crippen LogP) is 5.24. The summed E-state index contributed by atoms with van der Waals surface area (Å²) in [7, 11) is 0. The SMILES string of the molecule is Cc1ccccc1Oc1ncc2nc(-c3cc(C)c(OC4CC(C(=O)O)C4)c(C)c3)oc2n1. The maximum Gasteiger partial charge on any atom is 0.325 e. The number of nitrogens with zero attached hydrogens (tertiary/aromatic N) is 3. The van der Waals surface area contributed by atoms with E-state index in [0.29, 0.717) is 35.7 Å². The lowest BCUT2D eigenvalue weighted by molar-refractivity contribution is -0.147. The van der Waals surface area contributed by atoms with Gasteiger partial charge in [-0.25, -0.2) is 9.97 Å². The molecule has 2 aromatic heterocycles. The summed E-state index contributed by atoms with van der Waals surface area (Å²) in [6.45, 7) is 5.86. The Morgan fingerprint density at radius 2 is 1.79 bits per heavy atom. The van der Waals surface area contributed by atoms with Gasteiger partial charge in [-0.05, 0) is 68.5 Å². The van der Waals surface area contributed by atoms with Crippen molar-refractivity contribution in [2.24, 2.45) is 5.92 Å². The molecule has 0 atom stereocenters.